The number of hydrogen-bond donors (Lipinski definition) is 4. The summed E-state index contributed by atoms with van der Waals surface area (Å²) in [6.45, 7) is 19.4. The van der Waals surface area contributed by atoms with Gasteiger partial charge in [0.25, 0.3) is 0 Å². The van der Waals surface area contributed by atoms with Crippen LogP contribution in [0.15, 0.2) is 109 Å². The number of nitrogens with zero attached hydrogens (tertiary/aromatic N) is 2. The Morgan fingerprint density at radius 3 is 1.11 bits per heavy atom. The molecule has 0 radical (unpaired) electrons. The van der Waals surface area contributed by atoms with Crippen molar-refractivity contribution >= 4 is 44.4 Å². The van der Waals surface area contributed by atoms with Crippen LogP contribution in [0.2, 0.25) is 0 Å². The normalized spacial score (nSPS) is 11.8. The minimum absolute atomic E-state index is 0.471. The standard InChI is InChI=1S/C82H92N6/c1-9-13-17-21-45-69-57(5)79-77(67-43-31-39-63(51-67)35-27-25-33-61-37-29-41-65(49-61)55-83)80-59(7)71(47-23-19-15-11-3)75(87-80)54-76-72(48-24-20-16-12-4)60(8)82(88-76)78(81-58(6)70(46-22-18-14-10-2)74(86-81)53-73(69)85-79)68-44-32-40-64(52-68)36-28-26-34-62-38-30-42-66(50-62)56-84/h29-32,37-44,49-54,85,87H,9-24,45-48,55-56,83-84H2,1-8H3. The number of unbranched alkanes of at least 4 members (excludes halogenated alkanes) is 12. The third kappa shape index (κ3) is 15.8. The molecule has 3 aromatic heterocycles. The van der Waals surface area contributed by atoms with E-state index in [0.29, 0.717) is 13.1 Å². The summed E-state index contributed by atoms with van der Waals surface area (Å²) in [7, 11) is 0. The van der Waals surface area contributed by atoms with E-state index in [4.69, 9.17) is 21.4 Å². The predicted molar refractivity (Wildman–Crippen MR) is 376 cm³/mol. The lowest BCUT2D eigenvalue weighted by Crippen LogP contribution is -1.95. The van der Waals surface area contributed by atoms with E-state index >= 15 is 0 Å². The maximum Gasteiger partial charge on any atom is 0.0769 e. The van der Waals surface area contributed by atoms with Crippen LogP contribution in [-0.2, 0) is 25.9 Å². The number of H-pyrrole nitrogens is 2. The Labute approximate surface area is 527 Å². The molecule has 450 valence electrons. The van der Waals surface area contributed by atoms with Crippen molar-refractivity contribution < 1.29 is 0 Å². The molecule has 0 spiro atoms. The topological polar surface area (TPSA) is 109 Å². The molecule has 2 aliphatic rings. The summed E-state index contributed by atoms with van der Waals surface area (Å²) in [5.41, 5.74) is 40.8. The Morgan fingerprint density at radius 1 is 0.386 bits per heavy atom. The zero-order chi connectivity index (χ0) is 61.8. The van der Waals surface area contributed by atoms with Crippen molar-refractivity contribution in [2.45, 2.75) is 197 Å². The van der Waals surface area contributed by atoms with E-state index in [1.807, 2.05) is 48.5 Å². The summed E-state index contributed by atoms with van der Waals surface area (Å²) >= 11 is 0. The summed E-state index contributed by atoms with van der Waals surface area (Å²) in [6.07, 6.45) is 22.4. The molecular weight excluding hydrogens is 1070 g/mol. The Kier molecular flexibility index (Phi) is 23.3. The molecule has 7 aromatic rings. The number of aromatic nitrogens is 4. The van der Waals surface area contributed by atoms with Crippen molar-refractivity contribution in [2.75, 3.05) is 0 Å². The summed E-state index contributed by atoms with van der Waals surface area (Å²) < 4.78 is 0. The first-order valence-electron chi connectivity index (χ1n) is 33.1. The van der Waals surface area contributed by atoms with E-state index < -0.39 is 0 Å². The van der Waals surface area contributed by atoms with Gasteiger partial charge in [-0.15, -0.1) is 0 Å². The highest BCUT2D eigenvalue weighted by molar-refractivity contribution is 6.03. The highest BCUT2D eigenvalue weighted by atomic mass is 14.8. The maximum atomic E-state index is 5.97. The van der Waals surface area contributed by atoms with Gasteiger partial charge in [0.05, 0.1) is 33.8 Å². The zero-order valence-electron chi connectivity index (χ0n) is 54.0. The van der Waals surface area contributed by atoms with Crippen LogP contribution in [-0.4, -0.2) is 19.9 Å². The van der Waals surface area contributed by atoms with Gasteiger partial charge in [0.2, 0.25) is 0 Å². The fraction of sp³-hybridized carbons (Fsp3) is 0.366. The number of allylic oxidation sites excluding steroid dienone is 4. The molecule has 0 unspecified atom stereocenters. The molecular formula is C82H92N6. The molecule has 5 heterocycles. The van der Waals surface area contributed by atoms with Gasteiger partial charge in [-0.2, -0.15) is 0 Å². The largest absolute Gasteiger partial charge is 0.354 e. The first-order valence-corrected chi connectivity index (χ1v) is 33.1. The molecule has 6 N–H and O–H groups in total. The molecule has 88 heavy (non-hydrogen) atoms. The molecule has 0 saturated carbocycles. The van der Waals surface area contributed by atoms with Crippen LogP contribution in [0.3, 0.4) is 0 Å². The SMILES string of the molecule is CCCCCCC1=C(C)c2nc1cc1[nH]c(c(C)c1CCCCCC)c(-c1cccc(C#CC#Cc3cccc(CN)c3)c1)c1[nH]c(cc3nc(c2-c2cccc(C#CC#Cc4cccc(CN)c4)c2)C(C)=C3CCCCCC)c(CCCCCC)c1C. The van der Waals surface area contributed by atoms with Gasteiger partial charge in [0.1, 0.15) is 0 Å². The van der Waals surface area contributed by atoms with E-state index in [9.17, 15) is 0 Å². The second-order valence-electron chi connectivity index (χ2n) is 24.2. The van der Waals surface area contributed by atoms with Gasteiger partial charge in [-0.3, -0.25) is 0 Å². The van der Waals surface area contributed by atoms with Crippen molar-refractivity contribution in [2.24, 2.45) is 11.5 Å². The van der Waals surface area contributed by atoms with Crippen LogP contribution in [0.4, 0.5) is 0 Å². The van der Waals surface area contributed by atoms with Crippen molar-refractivity contribution in [1.82, 2.24) is 19.9 Å². The van der Waals surface area contributed by atoms with E-state index in [1.165, 1.54) is 122 Å². The molecule has 8 bridgehead atoms. The third-order valence-corrected chi connectivity index (χ3v) is 17.8. The highest BCUT2D eigenvalue weighted by Gasteiger charge is 2.28. The minimum Gasteiger partial charge on any atom is -0.354 e. The van der Waals surface area contributed by atoms with Gasteiger partial charge in [0.15, 0.2) is 0 Å². The molecule has 4 aromatic carbocycles. The highest BCUT2D eigenvalue weighted by Crippen LogP contribution is 2.45. The lowest BCUT2D eigenvalue weighted by molar-refractivity contribution is 0.667. The quantitative estimate of drug-likeness (QED) is 0.0357. The van der Waals surface area contributed by atoms with Gasteiger partial charge in [-0.1, -0.05) is 177 Å². The van der Waals surface area contributed by atoms with Crippen LogP contribution in [0, 0.1) is 61.2 Å². The van der Waals surface area contributed by atoms with Gasteiger partial charge in [-0.25, -0.2) is 9.97 Å². The van der Waals surface area contributed by atoms with E-state index in [1.54, 1.807) is 0 Å². The van der Waals surface area contributed by atoms with Crippen LogP contribution >= 0.6 is 0 Å². The number of aryl methyl sites for hydroxylation is 4. The second-order valence-corrected chi connectivity index (χ2v) is 24.2. The van der Waals surface area contributed by atoms with Crippen molar-refractivity contribution in [3.8, 4) is 69.6 Å². The predicted octanol–water partition coefficient (Wildman–Crippen LogP) is 20.0. The average molecular weight is 1160 g/mol. The Balaban J connectivity index is 1.38. The third-order valence-electron chi connectivity index (χ3n) is 17.8. The number of hydrogen-bond acceptors (Lipinski definition) is 4. The van der Waals surface area contributed by atoms with Gasteiger partial charge >= 0.3 is 0 Å². The first-order chi connectivity index (χ1) is 43.1. The Hall–Kier alpha value is -8.36. The monoisotopic (exact) mass is 1160 g/mol. The summed E-state index contributed by atoms with van der Waals surface area (Å²) in [6, 6.07) is 38.4. The molecule has 0 fully saturated rings. The summed E-state index contributed by atoms with van der Waals surface area (Å²) in [5, 5.41) is 0. The van der Waals surface area contributed by atoms with Crippen molar-refractivity contribution in [3.05, 3.63) is 188 Å². The molecule has 0 aliphatic carbocycles. The number of rotatable bonds is 24. The Bertz CT molecular complexity index is 4000. The first kappa shape index (κ1) is 64.1. The van der Waals surface area contributed by atoms with Gasteiger partial charge in [-0.05, 0) is 230 Å². The second kappa shape index (κ2) is 32.0. The minimum atomic E-state index is 0.471. The van der Waals surface area contributed by atoms with Crippen LogP contribution in [0.25, 0.3) is 66.6 Å². The summed E-state index contributed by atoms with van der Waals surface area (Å²) in [5.74, 6) is 26.0. The number of fused-ring (bicyclic) bond motifs is 8. The molecule has 6 heteroatoms. The fourth-order valence-corrected chi connectivity index (χ4v) is 12.7. The van der Waals surface area contributed by atoms with Gasteiger partial charge in [0, 0.05) is 57.5 Å². The maximum absolute atomic E-state index is 5.97. The fourth-order valence-electron chi connectivity index (χ4n) is 12.7. The van der Waals surface area contributed by atoms with Crippen LogP contribution < -0.4 is 11.5 Å². The van der Waals surface area contributed by atoms with E-state index in [0.717, 1.165) is 152 Å². The zero-order valence-corrected chi connectivity index (χ0v) is 54.0. The van der Waals surface area contributed by atoms with E-state index in [2.05, 4.69) is 173 Å². The number of nitrogens with two attached hydrogens (primary N) is 2. The van der Waals surface area contributed by atoms with Crippen LogP contribution in [0.5, 0.6) is 0 Å². The number of aromatic amines is 2. The Morgan fingerprint density at radius 2 is 0.739 bits per heavy atom. The summed E-state index contributed by atoms with van der Waals surface area (Å²) in [4.78, 5) is 20.3. The smallest absolute Gasteiger partial charge is 0.0769 e. The number of nitrogens with one attached hydrogen (secondary N) is 2. The van der Waals surface area contributed by atoms with Gasteiger partial charge < -0.3 is 21.4 Å². The molecule has 2 aliphatic heterocycles. The molecule has 0 atom stereocenters. The lowest BCUT2D eigenvalue weighted by atomic mass is 9.91. The van der Waals surface area contributed by atoms with Crippen molar-refractivity contribution in [3.63, 3.8) is 0 Å². The van der Waals surface area contributed by atoms with Crippen LogP contribution in [0.1, 0.15) is 236 Å². The lowest BCUT2D eigenvalue weighted by Gasteiger charge is -2.11. The molecule has 6 nitrogen and oxygen atoms in total. The average Bonchev–Trinajstić information content (AvgIpc) is 2.05. The van der Waals surface area contributed by atoms with E-state index in [-0.39, 0.29) is 0 Å². The molecule has 0 saturated heterocycles. The van der Waals surface area contributed by atoms with Crippen molar-refractivity contribution in [1.29, 1.82) is 0 Å². The number of benzene rings is 4. The molecule has 9 rings (SSSR count). The molecule has 0 amide bonds.